The van der Waals surface area contributed by atoms with E-state index in [4.69, 9.17) is 5.11 Å². The molecule has 0 aromatic carbocycles. The third-order valence-corrected chi connectivity index (χ3v) is 1.77. The van der Waals surface area contributed by atoms with Gasteiger partial charge in [0, 0.05) is 6.42 Å². The normalized spacial score (nSPS) is 24.6. The zero-order valence-electron chi connectivity index (χ0n) is 6.33. The molecule has 1 rings (SSSR count). The van der Waals surface area contributed by atoms with Gasteiger partial charge >= 0.3 is 5.97 Å². The van der Waals surface area contributed by atoms with Crippen molar-refractivity contribution in [3.05, 3.63) is 11.6 Å². The molecule has 0 bridgehead atoms. The number of allylic oxidation sites excluding steroid dienone is 2. The van der Waals surface area contributed by atoms with E-state index in [1.165, 1.54) is 6.08 Å². The third-order valence-electron chi connectivity index (χ3n) is 1.77. The van der Waals surface area contributed by atoms with Crippen molar-refractivity contribution in [2.75, 3.05) is 0 Å². The van der Waals surface area contributed by atoms with E-state index in [2.05, 4.69) is 0 Å². The maximum absolute atomic E-state index is 10.8. The summed E-state index contributed by atoms with van der Waals surface area (Å²) in [6.07, 6.45) is 2.20. The Labute approximate surface area is 64.7 Å². The number of ketones is 1. The van der Waals surface area contributed by atoms with Crippen LogP contribution < -0.4 is 0 Å². The van der Waals surface area contributed by atoms with E-state index in [1.807, 2.05) is 0 Å². The van der Waals surface area contributed by atoms with Crippen LogP contribution in [0.4, 0.5) is 0 Å². The van der Waals surface area contributed by atoms with Crippen LogP contribution in [0.1, 0.15) is 19.8 Å². The molecule has 3 heteroatoms. The number of hydrogen-bond donors (Lipinski definition) is 1. The number of hydrogen-bond acceptors (Lipinski definition) is 2. The van der Waals surface area contributed by atoms with Gasteiger partial charge in [-0.3, -0.25) is 9.59 Å². The fourth-order valence-corrected chi connectivity index (χ4v) is 1.27. The van der Waals surface area contributed by atoms with Gasteiger partial charge in [-0.2, -0.15) is 0 Å². The number of rotatable bonds is 1. The minimum Gasteiger partial charge on any atom is -0.481 e. The average molecular weight is 154 g/mol. The van der Waals surface area contributed by atoms with Crippen molar-refractivity contribution in [2.45, 2.75) is 19.8 Å². The van der Waals surface area contributed by atoms with Crippen molar-refractivity contribution in [1.82, 2.24) is 0 Å². The second-order valence-corrected chi connectivity index (χ2v) is 2.90. The summed E-state index contributed by atoms with van der Waals surface area (Å²) in [5.41, 5.74) is 0.869. The van der Waals surface area contributed by atoms with Crippen molar-refractivity contribution in [1.29, 1.82) is 0 Å². The van der Waals surface area contributed by atoms with E-state index in [-0.39, 0.29) is 12.2 Å². The van der Waals surface area contributed by atoms with E-state index < -0.39 is 11.9 Å². The molecule has 0 amide bonds. The van der Waals surface area contributed by atoms with Crippen LogP contribution in [-0.4, -0.2) is 16.9 Å². The Morgan fingerprint density at radius 1 is 1.64 bits per heavy atom. The van der Waals surface area contributed by atoms with Gasteiger partial charge in [0.05, 0.1) is 5.92 Å². The molecule has 0 radical (unpaired) electrons. The molecular weight excluding hydrogens is 144 g/mol. The monoisotopic (exact) mass is 154 g/mol. The average Bonchev–Trinajstić information content (AvgIpc) is 1.85. The maximum atomic E-state index is 10.8. The van der Waals surface area contributed by atoms with Crippen molar-refractivity contribution < 1.29 is 14.7 Å². The van der Waals surface area contributed by atoms with Crippen LogP contribution in [-0.2, 0) is 9.59 Å². The van der Waals surface area contributed by atoms with Crippen LogP contribution in [0.15, 0.2) is 11.6 Å². The molecule has 1 unspecified atom stereocenters. The highest BCUT2D eigenvalue weighted by molar-refractivity contribution is 5.94. The molecule has 11 heavy (non-hydrogen) atoms. The van der Waals surface area contributed by atoms with Gasteiger partial charge < -0.3 is 5.11 Å². The Balaban J connectivity index is 2.72. The molecule has 3 nitrogen and oxygen atoms in total. The zero-order chi connectivity index (χ0) is 8.43. The maximum Gasteiger partial charge on any atom is 0.307 e. The van der Waals surface area contributed by atoms with Gasteiger partial charge in [0.2, 0.25) is 0 Å². The molecule has 1 aliphatic rings. The standard InChI is InChI=1S/C8H10O3/c1-5-2-6(8(10)11)4-7(9)3-5/h3,6H,2,4H2,1H3,(H,10,11). The minimum atomic E-state index is -0.870. The van der Waals surface area contributed by atoms with E-state index in [1.54, 1.807) is 6.92 Å². The van der Waals surface area contributed by atoms with Gasteiger partial charge in [-0.05, 0) is 19.4 Å². The Hall–Kier alpha value is -1.12. The van der Waals surface area contributed by atoms with Gasteiger partial charge in [-0.15, -0.1) is 0 Å². The summed E-state index contributed by atoms with van der Waals surface area (Å²) < 4.78 is 0. The highest BCUT2D eigenvalue weighted by Gasteiger charge is 2.24. The molecule has 1 atom stereocenters. The molecule has 0 aromatic rings. The molecule has 0 saturated carbocycles. The van der Waals surface area contributed by atoms with Gasteiger partial charge in [-0.1, -0.05) is 5.57 Å². The summed E-state index contributed by atoms with van der Waals surface area (Å²) in [6, 6.07) is 0. The largest absolute Gasteiger partial charge is 0.481 e. The van der Waals surface area contributed by atoms with Crippen LogP contribution in [0.3, 0.4) is 0 Å². The predicted molar refractivity (Wildman–Crippen MR) is 39.1 cm³/mol. The summed E-state index contributed by atoms with van der Waals surface area (Å²) in [7, 11) is 0. The lowest BCUT2D eigenvalue weighted by Crippen LogP contribution is -2.21. The van der Waals surface area contributed by atoms with Crippen molar-refractivity contribution >= 4 is 11.8 Å². The lowest BCUT2D eigenvalue weighted by Gasteiger charge is -2.15. The summed E-state index contributed by atoms with van der Waals surface area (Å²) in [4.78, 5) is 21.3. The fraction of sp³-hybridized carbons (Fsp3) is 0.500. The summed E-state index contributed by atoms with van der Waals surface area (Å²) in [5.74, 6) is -1.43. The fourth-order valence-electron chi connectivity index (χ4n) is 1.27. The molecule has 0 aliphatic heterocycles. The molecule has 0 fully saturated rings. The highest BCUT2D eigenvalue weighted by Crippen LogP contribution is 2.21. The number of carbonyl (C=O) groups excluding carboxylic acids is 1. The first kappa shape index (κ1) is 7.98. The van der Waals surface area contributed by atoms with E-state index in [0.717, 1.165) is 5.57 Å². The molecule has 60 valence electrons. The molecule has 0 aromatic heterocycles. The first-order chi connectivity index (χ1) is 5.09. The third kappa shape index (κ3) is 1.90. The van der Waals surface area contributed by atoms with Gasteiger partial charge in [0.15, 0.2) is 5.78 Å². The highest BCUT2D eigenvalue weighted by atomic mass is 16.4. The van der Waals surface area contributed by atoms with E-state index in [9.17, 15) is 9.59 Å². The first-order valence-electron chi connectivity index (χ1n) is 3.52. The molecule has 0 saturated heterocycles. The summed E-state index contributed by atoms with van der Waals surface area (Å²) >= 11 is 0. The second-order valence-electron chi connectivity index (χ2n) is 2.90. The van der Waals surface area contributed by atoms with Crippen LogP contribution in [0, 0.1) is 5.92 Å². The molecular formula is C8H10O3. The Morgan fingerprint density at radius 3 is 2.73 bits per heavy atom. The van der Waals surface area contributed by atoms with Gasteiger partial charge in [-0.25, -0.2) is 0 Å². The lowest BCUT2D eigenvalue weighted by atomic mass is 9.89. The van der Waals surface area contributed by atoms with Gasteiger partial charge in [0.25, 0.3) is 0 Å². The molecule has 1 N–H and O–H groups in total. The second kappa shape index (κ2) is 2.86. The van der Waals surface area contributed by atoms with Crippen LogP contribution in [0.25, 0.3) is 0 Å². The quantitative estimate of drug-likeness (QED) is 0.612. The Morgan fingerprint density at radius 2 is 2.27 bits per heavy atom. The topological polar surface area (TPSA) is 54.4 Å². The lowest BCUT2D eigenvalue weighted by molar-refractivity contribution is -0.143. The van der Waals surface area contributed by atoms with Crippen LogP contribution in [0.2, 0.25) is 0 Å². The van der Waals surface area contributed by atoms with Gasteiger partial charge in [0.1, 0.15) is 0 Å². The zero-order valence-corrected chi connectivity index (χ0v) is 6.33. The summed E-state index contributed by atoms with van der Waals surface area (Å²) in [5, 5.41) is 8.59. The molecule has 0 heterocycles. The van der Waals surface area contributed by atoms with Crippen LogP contribution >= 0.6 is 0 Å². The number of carboxylic acids is 1. The Bertz CT molecular complexity index is 227. The number of aliphatic carboxylic acids is 1. The number of carbonyl (C=O) groups is 2. The smallest absolute Gasteiger partial charge is 0.307 e. The SMILES string of the molecule is CC1=CC(=O)CC(C(=O)O)C1. The first-order valence-corrected chi connectivity index (χ1v) is 3.52. The van der Waals surface area contributed by atoms with E-state index >= 15 is 0 Å². The van der Waals surface area contributed by atoms with Crippen molar-refractivity contribution in [2.24, 2.45) is 5.92 Å². The predicted octanol–water partition coefficient (Wildman–Crippen LogP) is 0.996. The minimum absolute atomic E-state index is 0.0684. The van der Waals surface area contributed by atoms with Crippen LogP contribution in [0.5, 0.6) is 0 Å². The molecule has 0 spiro atoms. The van der Waals surface area contributed by atoms with Crippen molar-refractivity contribution in [3.63, 3.8) is 0 Å². The number of carboxylic acid groups (broad SMARTS) is 1. The summed E-state index contributed by atoms with van der Waals surface area (Å²) in [6.45, 7) is 1.78. The Kier molecular flexibility index (Phi) is 2.08. The molecule has 1 aliphatic carbocycles. The van der Waals surface area contributed by atoms with Crippen molar-refractivity contribution in [3.8, 4) is 0 Å². The van der Waals surface area contributed by atoms with E-state index in [0.29, 0.717) is 6.42 Å².